The van der Waals surface area contributed by atoms with E-state index in [1.165, 1.54) is 5.56 Å². The first-order valence-electron chi connectivity index (χ1n) is 11.9. The van der Waals surface area contributed by atoms with E-state index in [1.807, 2.05) is 61.5 Å². The van der Waals surface area contributed by atoms with E-state index in [9.17, 15) is 9.59 Å². The van der Waals surface area contributed by atoms with Crippen LogP contribution in [0.4, 0.5) is 16.2 Å². The quantitative estimate of drug-likeness (QED) is 0.437. The average molecular weight is 473 g/mol. The van der Waals surface area contributed by atoms with Gasteiger partial charge in [0.05, 0.1) is 18.5 Å². The highest BCUT2D eigenvalue weighted by Gasteiger charge is 2.19. The van der Waals surface area contributed by atoms with Crippen molar-refractivity contribution in [2.24, 2.45) is 0 Å². The van der Waals surface area contributed by atoms with Crippen molar-refractivity contribution in [1.82, 2.24) is 10.6 Å². The Labute approximate surface area is 206 Å². The van der Waals surface area contributed by atoms with Gasteiger partial charge in [0, 0.05) is 37.3 Å². The summed E-state index contributed by atoms with van der Waals surface area (Å²) in [5.74, 6) is 0.511. The number of ether oxygens (including phenoxy) is 1. The molecule has 0 aliphatic carbocycles. The van der Waals surface area contributed by atoms with Crippen LogP contribution in [-0.2, 0) is 13.1 Å². The van der Waals surface area contributed by atoms with Crippen LogP contribution in [0.1, 0.15) is 39.9 Å². The van der Waals surface area contributed by atoms with E-state index < -0.39 is 0 Å². The third-order valence-electron chi connectivity index (χ3n) is 6.16. The minimum absolute atomic E-state index is 0.216. The Hall–Kier alpha value is -4.00. The van der Waals surface area contributed by atoms with E-state index in [0.717, 1.165) is 48.5 Å². The molecule has 7 heteroatoms. The predicted octanol–water partition coefficient (Wildman–Crippen LogP) is 4.86. The number of carbonyl (C=O) groups is 2. The number of aryl methyl sites for hydroxylation is 1. The number of amides is 3. The zero-order valence-electron chi connectivity index (χ0n) is 20.3. The van der Waals surface area contributed by atoms with Crippen molar-refractivity contribution >= 4 is 23.3 Å². The first kappa shape index (κ1) is 24.1. The van der Waals surface area contributed by atoms with Gasteiger partial charge in [0.25, 0.3) is 5.91 Å². The highest BCUT2D eigenvalue weighted by molar-refractivity contribution is 5.99. The zero-order valence-corrected chi connectivity index (χ0v) is 20.3. The number of urea groups is 1. The monoisotopic (exact) mass is 472 g/mol. The number of hydrogen-bond acceptors (Lipinski definition) is 4. The molecule has 0 aromatic heterocycles. The molecular formula is C28H32N4O3. The number of para-hydroxylation sites is 1. The van der Waals surface area contributed by atoms with Crippen LogP contribution < -0.4 is 25.6 Å². The number of carbonyl (C=O) groups excluding carboxylic acids is 2. The van der Waals surface area contributed by atoms with Gasteiger partial charge in [-0.05, 0) is 49.6 Å². The molecular weight excluding hydrogens is 440 g/mol. The van der Waals surface area contributed by atoms with Crippen molar-refractivity contribution < 1.29 is 14.3 Å². The van der Waals surface area contributed by atoms with Crippen LogP contribution in [0.25, 0.3) is 0 Å². The molecule has 35 heavy (non-hydrogen) atoms. The summed E-state index contributed by atoms with van der Waals surface area (Å²) in [7, 11) is 1.61. The van der Waals surface area contributed by atoms with Gasteiger partial charge in [-0.2, -0.15) is 0 Å². The third kappa shape index (κ3) is 6.32. The standard InChI is InChI=1S/C28H32N4O3/c1-20-9-11-21(12-10-20)18-30-28(34)31-24-17-22(13-14-25(24)32-15-5-6-16-32)27(33)29-19-23-7-3-4-8-26(23)35-2/h3-4,7-14,17H,5-6,15-16,18-19H2,1-2H3,(H,29,33)(H2,30,31,34). The first-order valence-corrected chi connectivity index (χ1v) is 11.9. The summed E-state index contributed by atoms with van der Waals surface area (Å²) in [6, 6.07) is 20.8. The molecule has 0 radical (unpaired) electrons. The zero-order chi connectivity index (χ0) is 24.6. The van der Waals surface area contributed by atoms with Crippen LogP contribution in [0.15, 0.2) is 66.7 Å². The minimum atomic E-state index is -0.308. The van der Waals surface area contributed by atoms with Gasteiger partial charge in [0.15, 0.2) is 0 Å². The van der Waals surface area contributed by atoms with Crippen molar-refractivity contribution in [1.29, 1.82) is 0 Å². The van der Waals surface area contributed by atoms with Gasteiger partial charge >= 0.3 is 6.03 Å². The van der Waals surface area contributed by atoms with E-state index in [0.29, 0.717) is 24.3 Å². The fourth-order valence-electron chi connectivity index (χ4n) is 4.19. The Morgan fingerprint density at radius 3 is 2.40 bits per heavy atom. The molecule has 3 N–H and O–H groups in total. The molecule has 1 saturated heterocycles. The lowest BCUT2D eigenvalue weighted by atomic mass is 10.1. The summed E-state index contributed by atoms with van der Waals surface area (Å²) < 4.78 is 5.37. The Morgan fingerprint density at radius 1 is 0.914 bits per heavy atom. The van der Waals surface area contributed by atoms with Crippen molar-refractivity contribution in [2.75, 3.05) is 30.4 Å². The molecule has 3 aromatic carbocycles. The Balaban J connectivity index is 1.46. The maximum Gasteiger partial charge on any atom is 0.319 e. The Morgan fingerprint density at radius 2 is 1.66 bits per heavy atom. The van der Waals surface area contributed by atoms with Crippen LogP contribution in [0, 0.1) is 6.92 Å². The van der Waals surface area contributed by atoms with Crippen molar-refractivity contribution in [3.63, 3.8) is 0 Å². The van der Waals surface area contributed by atoms with Crippen LogP contribution >= 0.6 is 0 Å². The summed E-state index contributed by atoms with van der Waals surface area (Å²) in [5, 5.41) is 8.82. The summed E-state index contributed by atoms with van der Waals surface area (Å²) >= 11 is 0. The molecule has 182 valence electrons. The van der Waals surface area contributed by atoms with E-state index in [-0.39, 0.29) is 11.9 Å². The second-order valence-corrected chi connectivity index (χ2v) is 8.71. The number of anilines is 2. The molecule has 1 fully saturated rings. The molecule has 3 aromatic rings. The number of benzene rings is 3. The topological polar surface area (TPSA) is 82.7 Å². The van der Waals surface area contributed by atoms with Gasteiger partial charge in [0.2, 0.25) is 0 Å². The van der Waals surface area contributed by atoms with E-state index >= 15 is 0 Å². The molecule has 1 aliphatic heterocycles. The Kier molecular flexibility index (Phi) is 7.88. The molecule has 7 nitrogen and oxygen atoms in total. The fourth-order valence-corrected chi connectivity index (χ4v) is 4.19. The predicted molar refractivity (Wildman–Crippen MR) is 139 cm³/mol. The van der Waals surface area contributed by atoms with Crippen LogP contribution in [0.3, 0.4) is 0 Å². The maximum absolute atomic E-state index is 12.9. The molecule has 4 rings (SSSR count). The molecule has 0 unspecified atom stereocenters. The van der Waals surface area contributed by atoms with Gasteiger partial charge in [-0.1, -0.05) is 48.0 Å². The number of hydrogen-bond donors (Lipinski definition) is 3. The Bertz CT molecular complexity index is 1170. The molecule has 1 aliphatic rings. The van der Waals surface area contributed by atoms with Crippen molar-refractivity contribution in [2.45, 2.75) is 32.9 Å². The summed E-state index contributed by atoms with van der Waals surface area (Å²) in [4.78, 5) is 27.9. The molecule has 1 heterocycles. The highest BCUT2D eigenvalue weighted by atomic mass is 16.5. The average Bonchev–Trinajstić information content (AvgIpc) is 3.42. The van der Waals surface area contributed by atoms with Crippen molar-refractivity contribution in [3.05, 3.63) is 89.0 Å². The molecule has 0 spiro atoms. The first-order chi connectivity index (χ1) is 17.0. The van der Waals surface area contributed by atoms with Gasteiger partial charge in [-0.3, -0.25) is 4.79 Å². The summed E-state index contributed by atoms with van der Waals surface area (Å²) in [6.07, 6.45) is 2.22. The number of nitrogens with one attached hydrogen (secondary N) is 3. The normalized spacial score (nSPS) is 12.8. The van der Waals surface area contributed by atoms with E-state index in [4.69, 9.17) is 4.74 Å². The SMILES string of the molecule is COc1ccccc1CNC(=O)c1ccc(N2CCCC2)c(NC(=O)NCc2ccc(C)cc2)c1. The van der Waals surface area contributed by atoms with Gasteiger partial charge in [-0.25, -0.2) is 4.79 Å². The lowest BCUT2D eigenvalue weighted by Crippen LogP contribution is -2.30. The van der Waals surface area contributed by atoms with E-state index in [1.54, 1.807) is 19.2 Å². The summed E-state index contributed by atoms with van der Waals surface area (Å²) in [5.41, 5.74) is 5.12. The minimum Gasteiger partial charge on any atom is -0.496 e. The van der Waals surface area contributed by atoms with Crippen LogP contribution in [0.5, 0.6) is 5.75 Å². The van der Waals surface area contributed by atoms with Gasteiger partial charge < -0.3 is 25.6 Å². The lowest BCUT2D eigenvalue weighted by Gasteiger charge is -2.22. The number of methoxy groups -OCH3 is 1. The molecule has 3 amide bonds. The van der Waals surface area contributed by atoms with Crippen LogP contribution in [-0.4, -0.2) is 32.1 Å². The fraction of sp³-hybridized carbons (Fsp3) is 0.286. The second-order valence-electron chi connectivity index (χ2n) is 8.71. The molecule has 0 bridgehead atoms. The molecule has 0 atom stereocenters. The lowest BCUT2D eigenvalue weighted by molar-refractivity contribution is 0.0950. The maximum atomic E-state index is 12.9. The van der Waals surface area contributed by atoms with E-state index in [2.05, 4.69) is 20.9 Å². The largest absolute Gasteiger partial charge is 0.496 e. The van der Waals surface area contributed by atoms with Gasteiger partial charge in [-0.15, -0.1) is 0 Å². The van der Waals surface area contributed by atoms with Crippen molar-refractivity contribution in [3.8, 4) is 5.75 Å². The number of rotatable bonds is 8. The highest BCUT2D eigenvalue weighted by Crippen LogP contribution is 2.30. The van der Waals surface area contributed by atoms with Gasteiger partial charge in [0.1, 0.15) is 5.75 Å². The third-order valence-corrected chi connectivity index (χ3v) is 6.16. The van der Waals surface area contributed by atoms with Crippen LogP contribution in [0.2, 0.25) is 0 Å². The second kappa shape index (κ2) is 11.4. The molecule has 0 saturated carbocycles. The smallest absolute Gasteiger partial charge is 0.319 e. The summed E-state index contributed by atoms with van der Waals surface area (Å²) in [6.45, 7) is 4.65. The number of nitrogens with zero attached hydrogens (tertiary/aromatic N) is 1.